The molecule has 204 valence electrons. The largest absolute Gasteiger partial charge is 1.00 e. The molecule has 0 saturated carbocycles. The predicted molar refractivity (Wildman–Crippen MR) is 126 cm³/mol. The average molecular weight is 545 g/mol. The van der Waals surface area contributed by atoms with Crippen molar-refractivity contribution in [1.29, 1.82) is 0 Å². The number of unbranched alkanes of at least 4 members (excludes halogenated alkanes) is 11. The quantitative estimate of drug-likeness (QED) is 0.0870. The molecule has 0 amide bonds. The monoisotopic (exact) mass is 544 g/mol. The Morgan fingerprint density at radius 2 is 1.47 bits per heavy atom. The molecule has 0 aromatic rings. The molecule has 1 heterocycles. The first-order valence-electron chi connectivity index (χ1n) is 12.7. The topological polar surface area (TPSA) is 156 Å². The molecule has 2 unspecified atom stereocenters. The van der Waals surface area contributed by atoms with Crippen LogP contribution in [0.5, 0.6) is 0 Å². The van der Waals surface area contributed by atoms with Gasteiger partial charge in [0.25, 0.3) is 0 Å². The van der Waals surface area contributed by atoms with Gasteiger partial charge in [-0.15, -0.1) is 0 Å². The molecule has 0 radical (unpaired) electrons. The van der Waals surface area contributed by atoms with Crippen LogP contribution < -0.4 is 29.6 Å². The molecule has 0 aromatic heterocycles. The van der Waals surface area contributed by atoms with Gasteiger partial charge in [-0.1, -0.05) is 77.6 Å². The van der Waals surface area contributed by atoms with E-state index in [0.717, 1.165) is 19.3 Å². The van der Waals surface area contributed by atoms with E-state index in [4.69, 9.17) is 14.2 Å². The van der Waals surface area contributed by atoms with Crippen LogP contribution >= 0.6 is 0 Å². The number of hydrogen-bond donors (Lipinski definition) is 1. The van der Waals surface area contributed by atoms with E-state index < -0.39 is 71.5 Å². The molecule has 10 nitrogen and oxygen atoms in total. The number of ether oxygens (including phenoxy) is 3. The van der Waals surface area contributed by atoms with Gasteiger partial charge in [0.05, 0.1) is 18.4 Å². The van der Waals surface area contributed by atoms with Gasteiger partial charge < -0.3 is 23.9 Å². The normalized spacial score (nSPS) is 20.8. The van der Waals surface area contributed by atoms with Gasteiger partial charge in [-0.05, 0) is 6.42 Å². The molecule has 1 aliphatic rings. The molecule has 0 aliphatic carbocycles. The van der Waals surface area contributed by atoms with Crippen LogP contribution in [0.4, 0.5) is 0 Å². The standard InChI is InChI=1S/C24H42O10S.Na/c1-2-3-4-5-6-7-8-9-10-11-12-13-14-21(26)32-17-24(16-25)18-33-22(27)15-20(35(29,30)31)23(28)34-19-24;/h20,25H,2-19H2,1H3,(H,29,30,31);/q;+1/p-1. The average Bonchev–Trinajstić information content (AvgIpc) is 2.87. The van der Waals surface area contributed by atoms with Gasteiger partial charge in [0.1, 0.15) is 29.9 Å². The number of cyclic esters (lactones) is 2. The zero-order chi connectivity index (χ0) is 26.2. The Hall–Kier alpha value is -0.720. The second-order valence-electron chi connectivity index (χ2n) is 9.41. The molecule has 1 rings (SSSR count). The molecule has 12 heteroatoms. The third kappa shape index (κ3) is 14.9. The van der Waals surface area contributed by atoms with Crippen molar-refractivity contribution >= 4 is 28.0 Å². The van der Waals surface area contributed by atoms with E-state index in [2.05, 4.69) is 6.92 Å². The zero-order valence-corrected chi connectivity index (χ0v) is 24.7. The third-order valence-electron chi connectivity index (χ3n) is 6.13. The molecule has 0 spiro atoms. The van der Waals surface area contributed by atoms with Gasteiger partial charge in [0.2, 0.25) is 0 Å². The van der Waals surface area contributed by atoms with Crippen LogP contribution in [0.25, 0.3) is 0 Å². The molecule has 1 aliphatic heterocycles. The Kier molecular flexibility index (Phi) is 19.0. The molecule has 1 saturated heterocycles. The molecular weight excluding hydrogens is 503 g/mol. The van der Waals surface area contributed by atoms with Crippen LogP contribution in [0.15, 0.2) is 0 Å². The molecular formula is C24H41NaO10S. The maximum Gasteiger partial charge on any atom is 1.00 e. The molecule has 1 N–H and O–H groups in total. The fraction of sp³-hybridized carbons (Fsp3) is 0.875. The first-order valence-corrected chi connectivity index (χ1v) is 14.1. The Labute approximate surface area is 237 Å². The molecule has 36 heavy (non-hydrogen) atoms. The smallest absolute Gasteiger partial charge is 0.747 e. The van der Waals surface area contributed by atoms with Crippen molar-refractivity contribution in [3.63, 3.8) is 0 Å². The first-order chi connectivity index (χ1) is 16.6. The van der Waals surface area contributed by atoms with Crippen LogP contribution in [0, 0.1) is 5.41 Å². The second kappa shape index (κ2) is 19.4. The number of carbonyl (C=O) groups is 3. The minimum absolute atomic E-state index is 0. The summed E-state index contributed by atoms with van der Waals surface area (Å²) >= 11 is 0. The van der Waals surface area contributed by atoms with Crippen LogP contribution in [0.2, 0.25) is 0 Å². The Morgan fingerprint density at radius 1 is 0.972 bits per heavy atom. The van der Waals surface area contributed by atoms with E-state index in [1.807, 2.05) is 0 Å². The van der Waals surface area contributed by atoms with Gasteiger partial charge in [0.15, 0.2) is 5.25 Å². The van der Waals surface area contributed by atoms with Crippen molar-refractivity contribution in [3.05, 3.63) is 0 Å². The molecule has 2 atom stereocenters. The third-order valence-corrected chi connectivity index (χ3v) is 7.19. The minimum atomic E-state index is -5.13. The van der Waals surface area contributed by atoms with Gasteiger partial charge in [-0.2, -0.15) is 0 Å². The maximum atomic E-state index is 12.1. The summed E-state index contributed by atoms with van der Waals surface area (Å²) in [7, 11) is -5.13. The summed E-state index contributed by atoms with van der Waals surface area (Å²) in [5, 5.41) is 7.57. The van der Waals surface area contributed by atoms with E-state index in [1.54, 1.807) is 0 Å². The zero-order valence-electron chi connectivity index (χ0n) is 21.8. The summed E-state index contributed by atoms with van der Waals surface area (Å²) < 4.78 is 48.7. The van der Waals surface area contributed by atoms with Gasteiger partial charge in [-0.3, -0.25) is 14.4 Å². The number of esters is 3. The summed E-state index contributed by atoms with van der Waals surface area (Å²) in [5.41, 5.74) is -1.45. The summed E-state index contributed by atoms with van der Waals surface area (Å²) in [6.07, 6.45) is 13.2. The number of carbonyl (C=O) groups excluding carboxylic acids is 3. The van der Waals surface area contributed by atoms with Crippen molar-refractivity contribution in [3.8, 4) is 0 Å². The van der Waals surface area contributed by atoms with Crippen LogP contribution in [0.1, 0.15) is 96.8 Å². The SMILES string of the molecule is CCCCCCCCCCCCCCC(=O)OCC1(CO)COC(=O)CC(S(=O)(=O)[O-])C(=O)OC1.[Na+]. The van der Waals surface area contributed by atoms with Crippen molar-refractivity contribution in [2.75, 3.05) is 26.4 Å². The maximum absolute atomic E-state index is 12.1. The van der Waals surface area contributed by atoms with Crippen molar-refractivity contribution in [2.24, 2.45) is 5.41 Å². The summed E-state index contributed by atoms with van der Waals surface area (Å²) in [4.78, 5) is 36.0. The molecule has 0 bridgehead atoms. The summed E-state index contributed by atoms with van der Waals surface area (Å²) in [6.45, 7) is 0.122. The fourth-order valence-electron chi connectivity index (χ4n) is 3.74. The number of aliphatic hydroxyl groups is 1. The Balaban J connectivity index is 0.0000122. The summed E-state index contributed by atoms with van der Waals surface area (Å²) in [5.74, 6) is -3.00. The number of aliphatic hydroxyl groups excluding tert-OH is 1. The predicted octanol–water partition coefficient (Wildman–Crippen LogP) is 0.00740. The fourth-order valence-corrected chi connectivity index (χ4v) is 4.39. The van der Waals surface area contributed by atoms with Crippen molar-refractivity contribution in [2.45, 2.75) is 102 Å². The van der Waals surface area contributed by atoms with E-state index in [1.165, 1.54) is 51.4 Å². The first kappa shape index (κ1) is 35.3. The molecule has 0 aromatic carbocycles. The van der Waals surface area contributed by atoms with Crippen LogP contribution in [-0.4, -0.2) is 67.7 Å². The van der Waals surface area contributed by atoms with E-state index in [9.17, 15) is 32.5 Å². The van der Waals surface area contributed by atoms with Crippen molar-refractivity contribution < 1.29 is 76.2 Å². The van der Waals surface area contributed by atoms with E-state index in [0.29, 0.717) is 6.42 Å². The van der Waals surface area contributed by atoms with E-state index >= 15 is 0 Å². The minimum Gasteiger partial charge on any atom is -0.747 e. The second-order valence-corrected chi connectivity index (χ2v) is 11.0. The number of rotatable bonds is 17. The van der Waals surface area contributed by atoms with Crippen LogP contribution in [0.3, 0.4) is 0 Å². The van der Waals surface area contributed by atoms with Crippen molar-refractivity contribution in [1.82, 2.24) is 0 Å². The Morgan fingerprint density at radius 3 is 1.97 bits per heavy atom. The summed E-state index contributed by atoms with van der Waals surface area (Å²) in [6, 6.07) is 0. The Bertz CT molecular complexity index is 758. The van der Waals surface area contributed by atoms with Gasteiger partial charge in [0, 0.05) is 6.42 Å². The number of hydrogen-bond acceptors (Lipinski definition) is 10. The van der Waals surface area contributed by atoms with Crippen LogP contribution in [-0.2, 0) is 38.7 Å². The van der Waals surface area contributed by atoms with Gasteiger partial charge >= 0.3 is 47.5 Å². The van der Waals surface area contributed by atoms with Gasteiger partial charge in [-0.25, -0.2) is 8.42 Å². The van der Waals surface area contributed by atoms with E-state index in [-0.39, 0.29) is 36.0 Å². The molecule has 1 fully saturated rings.